The second-order valence-corrected chi connectivity index (χ2v) is 14.2. The van der Waals surface area contributed by atoms with Crippen molar-refractivity contribution in [1.29, 1.82) is 0 Å². The van der Waals surface area contributed by atoms with Crippen molar-refractivity contribution in [3.05, 3.63) is 53.7 Å². The average Bonchev–Trinajstić information content (AvgIpc) is 3.83. The molecule has 51 heavy (non-hydrogen) atoms. The molecule has 1 amide bonds. The van der Waals surface area contributed by atoms with Crippen molar-refractivity contribution in [3.8, 4) is 29.6 Å². The molecule has 4 aromatic rings. The molecule has 266 valence electrons. The van der Waals surface area contributed by atoms with Crippen LogP contribution in [0, 0.1) is 29.4 Å². The third kappa shape index (κ3) is 6.09. The van der Waals surface area contributed by atoms with E-state index in [0.29, 0.717) is 49.5 Å². The second-order valence-electron chi connectivity index (χ2n) is 14.2. The van der Waals surface area contributed by atoms with Crippen LogP contribution in [-0.4, -0.2) is 94.4 Å². The number of nitrogens with zero attached hydrogens (tertiary/aromatic N) is 6. The smallest absolute Gasteiger partial charge is 0.463 e. The highest BCUT2D eigenvalue weighted by atomic mass is 19.4. The van der Waals surface area contributed by atoms with Crippen LogP contribution in [0.25, 0.3) is 32.9 Å². The number of piperazine rings is 1. The van der Waals surface area contributed by atoms with E-state index in [1.54, 1.807) is 29.2 Å². The zero-order valence-corrected chi connectivity index (χ0v) is 27.5. The first-order chi connectivity index (χ1) is 24.4. The number of ether oxygens (including phenoxy) is 1. The summed E-state index contributed by atoms with van der Waals surface area (Å²) in [5.74, 6) is -0.736. The Labute approximate surface area is 289 Å². The minimum absolute atomic E-state index is 0.0375. The van der Waals surface area contributed by atoms with Gasteiger partial charge in [-0.1, -0.05) is 30.2 Å². The number of rotatable bonds is 7. The maximum atomic E-state index is 16.9. The van der Waals surface area contributed by atoms with Crippen LogP contribution in [0.3, 0.4) is 0 Å². The van der Waals surface area contributed by atoms with E-state index in [2.05, 4.69) is 25.8 Å². The van der Waals surface area contributed by atoms with Crippen LogP contribution in [0.15, 0.2) is 36.5 Å². The number of carbonyl (C=O) groups excluding carboxylic acids is 1. The number of hydrogen-bond donors (Lipinski definition) is 0. The van der Waals surface area contributed by atoms with Crippen molar-refractivity contribution in [2.24, 2.45) is 5.41 Å². The monoisotopic (exact) mass is 708 g/mol. The molecule has 2 aromatic heterocycles. The highest BCUT2D eigenvalue weighted by Crippen LogP contribution is 2.47. The maximum absolute atomic E-state index is 16.9. The Bertz CT molecular complexity index is 2060. The van der Waals surface area contributed by atoms with Gasteiger partial charge in [0, 0.05) is 55.3 Å². The number of likely N-dealkylation sites (tertiary alicyclic amines) is 1. The lowest BCUT2D eigenvalue weighted by Crippen LogP contribution is -2.59. The van der Waals surface area contributed by atoms with Gasteiger partial charge in [0.1, 0.15) is 29.0 Å². The summed E-state index contributed by atoms with van der Waals surface area (Å²) in [7, 11) is 0. The number of alkyl halides is 4. The number of halogens is 6. The van der Waals surface area contributed by atoms with Gasteiger partial charge in [0.2, 0.25) is 0 Å². The molecule has 3 aliphatic heterocycles. The van der Waals surface area contributed by atoms with E-state index in [4.69, 9.17) is 11.2 Å². The predicted octanol–water partition coefficient (Wildman–Crippen LogP) is 6.44. The van der Waals surface area contributed by atoms with Crippen molar-refractivity contribution >= 4 is 33.4 Å². The third-order valence-corrected chi connectivity index (χ3v) is 10.8. The van der Waals surface area contributed by atoms with Gasteiger partial charge in [-0.15, -0.1) is 6.42 Å². The average molecular weight is 709 g/mol. The largest absolute Gasteiger partial charge is 0.471 e. The van der Waals surface area contributed by atoms with Gasteiger partial charge in [-0.2, -0.15) is 23.1 Å². The second kappa shape index (κ2) is 12.5. The van der Waals surface area contributed by atoms with Gasteiger partial charge >= 0.3 is 18.1 Å². The molecular weight excluding hydrogens is 674 g/mol. The summed E-state index contributed by atoms with van der Waals surface area (Å²) in [4.78, 5) is 30.9. The first-order valence-corrected chi connectivity index (χ1v) is 17.1. The van der Waals surface area contributed by atoms with E-state index in [1.807, 2.05) is 0 Å². The molecule has 2 aromatic carbocycles. The summed E-state index contributed by atoms with van der Waals surface area (Å²) in [5.41, 5.74) is -0.226. The number of anilines is 1. The van der Waals surface area contributed by atoms with Crippen molar-refractivity contribution < 1.29 is 35.9 Å². The molecule has 2 atom stereocenters. The molecule has 4 fully saturated rings. The highest BCUT2D eigenvalue weighted by molar-refractivity contribution is 6.02. The van der Waals surface area contributed by atoms with Gasteiger partial charge in [-0.25, -0.2) is 13.2 Å². The molecule has 0 radical (unpaired) electrons. The summed E-state index contributed by atoms with van der Waals surface area (Å²) >= 11 is 0. The Morgan fingerprint density at radius 1 is 1.02 bits per heavy atom. The quantitative estimate of drug-likeness (QED) is 0.162. The Morgan fingerprint density at radius 2 is 1.75 bits per heavy atom. The molecule has 5 heterocycles. The van der Waals surface area contributed by atoms with Crippen LogP contribution < -0.4 is 9.64 Å². The lowest BCUT2D eigenvalue weighted by atomic mass is 9.96. The number of hydrogen-bond acceptors (Lipinski definition) is 7. The number of fused-ring (bicyclic) bond motifs is 4. The molecule has 1 aliphatic carbocycles. The molecule has 4 aliphatic rings. The SMILES string of the molecule is C#Cc1c(F)ccc2cccc(-c3ncc4c(N5C[C@H]6CC[C@@H](C5)N6C(=O)C(F)(F)F)nc(OCC5(CN6CCC(F)CC6)CC5)nc4c3F)c12. The normalized spacial score (nSPS) is 22.1. The fourth-order valence-corrected chi connectivity index (χ4v) is 8.04. The number of benzene rings is 2. The van der Waals surface area contributed by atoms with Crippen LogP contribution in [0.1, 0.15) is 44.1 Å². The number of pyridine rings is 1. The molecule has 3 saturated heterocycles. The van der Waals surface area contributed by atoms with Gasteiger partial charge in [0.25, 0.3) is 0 Å². The van der Waals surface area contributed by atoms with Crippen LogP contribution in [0.4, 0.5) is 32.2 Å². The van der Waals surface area contributed by atoms with Crippen LogP contribution in [0.5, 0.6) is 6.01 Å². The Hall–Kier alpha value is -4.64. The lowest BCUT2D eigenvalue weighted by molar-refractivity contribution is -0.188. The zero-order valence-electron chi connectivity index (χ0n) is 27.5. The van der Waals surface area contributed by atoms with E-state index in [-0.39, 0.29) is 64.7 Å². The fourth-order valence-electron chi connectivity index (χ4n) is 8.04. The summed E-state index contributed by atoms with van der Waals surface area (Å²) in [6.45, 7) is 2.35. The number of carbonyl (C=O) groups is 1. The molecule has 0 N–H and O–H groups in total. The molecule has 2 bridgehead atoms. The molecule has 0 unspecified atom stereocenters. The maximum Gasteiger partial charge on any atom is 0.471 e. The van der Waals surface area contributed by atoms with Crippen molar-refractivity contribution in [2.45, 2.75) is 63.0 Å². The summed E-state index contributed by atoms with van der Waals surface area (Å²) in [6.07, 6.45) is 4.79. The lowest BCUT2D eigenvalue weighted by Gasteiger charge is -2.42. The predicted molar refractivity (Wildman–Crippen MR) is 178 cm³/mol. The van der Waals surface area contributed by atoms with Gasteiger partial charge < -0.3 is 19.4 Å². The number of amides is 1. The van der Waals surface area contributed by atoms with Gasteiger partial charge in [0.05, 0.1) is 29.6 Å². The van der Waals surface area contributed by atoms with E-state index in [0.717, 1.165) is 24.3 Å². The third-order valence-electron chi connectivity index (χ3n) is 10.8. The number of aromatic nitrogens is 3. The van der Waals surface area contributed by atoms with E-state index in [1.165, 1.54) is 12.3 Å². The Kier molecular flexibility index (Phi) is 8.24. The molecule has 8 nitrogen and oxygen atoms in total. The van der Waals surface area contributed by atoms with Crippen LogP contribution >= 0.6 is 0 Å². The highest BCUT2D eigenvalue weighted by Gasteiger charge is 2.52. The number of terminal acetylenes is 1. The molecule has 1 saturated carbocycles. The van der Waals surface area contributed by atoms with Crippen molar-refractivity contribution in [3.63, 3.8) is 0 Å². The fraction of sp³-hybridized carbons (Fsp3) is 0.459. The number of piperidine rings is 1. The molecule has 8 rings (SSSR count). The standard InChI is InChI=1S/C37H34F6N6O2/c1-2-25-28(39)9-6-21-4-3-5-26(29(21)25)31-30(40)32-27(16-44-31)33(48-17-23-7-8-24(18-48)49(23)34(50)37(41,42)43)46-35(45-32)51-20-36(12-13-36)19-47-14-10-22(38)11-15-47/h1,3-6,9,16,22-24H,7-8,10-15,17-20H2/t23-,24+. The van der Waals surface area contributed by atoms with E-state index in [9.17, 15) is 26.7 Å². The van der Waals surface area contributed by atoms with Crippen molar-refractivity contribution in [1.82, 2.24) is 24.8 Å². The van der Waals surface area contributed by atoms with Crippen LogP contribution in [-0.2, 0) is 4.79 Å². The van der Waals surface area contributed by atoms with Crippen LogP contribution in [0.2, 0.25) is 0 Å². The zero-order chi connectivity index (χ0) is 35.7. The van der Waals surface area contributed by atoms with E-state index >= 15 is 4.39 Å². The topological polar surface area (TPSA) is 74.7 Å². The first kappa shape index (κ1) is 33.5. The van der Waals surface area contributed by atoms with Gasteiger partial charge in [0.15, 0.2) is 5.82 Å². The minimum atomic E-state index is -5.00. The van der Waals surface area contributed by atoms with Gasteiger partial charge in [-0.05, 0) is 50.0 Å². The molecule has 14 heteroatoms. The summed E-state index contributed by atoms with van der Waals surface area (Å²) in [6, 6.07) is 6.25. The minimum Gasteiger partial charge on any atom is -0.463 e. The van der Waals surface area contributed by atoms with Gasteiger partial charge in [-0.3, -0.25) is 9.78 Å². The Morgan fingerprint density at radius 3 is 2.41 bits per heavy atom. The molecule has 0 spiro atoms. The Balaban J connectivity index is 1.18. The summed E-state index contributed by atoms with van der Waals surface area (Å²) < 4.78 is 92.1. The molecular formula is C37H34F6N6O2. The van der Waals surface area contributed by atoms with E-state index < -0.39 is 42.0 Å². The van der Waals surface area contributed by atoms with Crippen molar-refractivity contribution in [2.75, 3.05) is 44.2 Å². The summed E-state index contributed by atoms with van der Waals surface area (Å²) in [5, 5.41) is 1.10. The first-order valence-electron chi connectivity index (χ1n) is 17.1.